The maximum atomic E-state index is 13.2. The van der Waals surface area contributed by atoms with E-state index in [0.717, 1.165) is 17.1 Å². The van der Waals surface area contributed by atoms with Crippen LogP contribution in [0, 0.1) is 6.92 Å². The van der Waals surface area contributed by atoms with Gasteiger partial charge in [-0.05, 0) is 48.9 Å². The summed E-state index contributed by atoms with van der Waals surface area (Å²) in [5, 5.41) is 3.76. The van der Waals surface area contributed by atoms with Crippen LogP contribution >= 0.6 is 0 Å². The Hall–Kier alpha value is -4.19. The van der Waals surface area contributed by atoms with Crippen molar-refractivity contribution in [1.29, 1.82) is 0 Å². The van der Waals surface area contributed by atoms with Crippen LogP contribution in [0.5, 0.6) is 0 Å². The summed E-state index contributed by atoms with van der Waals surface area (Å²) in [5.74, 6) is 0.101. The topological polar surface area (TPSA) is 73.2 Å². The van der Waals surface area contributed by atoms with Gasteiger partial charge in [0.25, 0.3) is 0 Å². The molecule has 0 saturated heterocycles. The fourth-order valence-corrected chi connectivity index (χ4v) is 3.43. The van der Waals surface area contributed by atoms with Crippen molar-refractivity contribution in [2.24, 2.45) is 0 Å². The summed E-state index contributed by atoms with van der Waals surface area (Å²) < 4.78 is 6.60. The monoisotopic (exact) mass is 411 g/mol. The van der Waals surface area contributed by atoms with Gasteiger partial charge in [-0.2, -0.15) is 0 Å². The first kappa shape index (κ1) is 20.1. The highest BCUT2D eigenvalue weighted by molar-refractivity contribution is 5.93. The van der Waals surface area contributed by atoms with Gasteiger partial charge in [0.2, 0.25) is 0 Å². The van der Waals surface area contributed by atoms with E-state index in [0.29, 0.717) is 22.4 Å². The standard InChI is InChI=1S/C25H21N3O3/c1-17-15-18(13-14-23(30)31-2)24-21(29)16-22(27-19-9-5-3-6-10-19)28(25(24)26-17)20-11-7-4-8-12-20/h3-16,27H,1-2H3/b14-13+. The number of nitrogens with one attached hydrogen (secondary N) is 1. The van der Waals surface area contributed by atoms with E-state index < -0.39 is 5.97 Å². The maximum absolute atomic E-state index is 13.2. The fourth-order valence-electron chi connectivity index (χ4n) is 3.43. The Kier molecular flexibility index (Phi) is 5.62. The molecule has 0 aliphatic carbocycles. The molecule has 0 spiro atoms. The highest BCUT2D eigenvalue weighted by Gasteiger charge is 2.16. The third-order valence-electron chi connectivity index (χ3n) is 4.79. The first-order valence-corrected chi connectivity index (χ1v) is 9.78. The van der Waals surface area contributed by atoms with Crippen LogP contribution in [-0.2, 0) is 9.53 Å². The van der Waals surface area contributed by atoms with Crippen molar-refractivity contribution in [3.8, 4) is 5.69 Å². The van der Waals surface area contributed by atoms with Gasteiger partial charge in [0.05, 0.1) is 12.5 Å². The first-order valence-electron chi connectivity index (χ1n) is 9.78. The van der Waals surface area contributed by atoms with Gasteiger partial charge in [0.15, 0.2) is 11.1 Å². The zero-order chi connectivity index (χ0) is 21.8. The lowest BCUT2D eigenvalue weighted by Crippen LogP contribution is -2.15. The Balaban J connectivity index is 2.02. The van der Waals surface area contributed by atoms with Gasteiger partial charge in [-0.15, -0.1) is 0 Å². The highest BCUT2D eigenvalue weighted by Crippen LogP contribution is 2.26. The van der Waals surface area contributed by atoms with Crippen LogP contribution in [0.25, 0.3) is 22.8 Å². The average molecular weight is 411 g/mol. The number of esters is 1. The molecule has 2 aromatic carbocycles. The van der Waals surface area contributed by atoms with E-state index in [9.17, 15) is 9.59 Å². The minimum atomic E-state index is -0.492. The van der Waals surface area contributed by atoms with Crippen LogP contribution in [0.1, 0.15) is 11.3 Å². The normalized spacial score (nSPS) is 11.0. The number of methoxy groups -OCH3 is 1. The van der Waals surface area contributed by atoms with Gasteiger partial charge in [-0.1, -0.05) is 36.4 Å². The van der Waals surface area contributed by atoms with Gasteiger partial charge < -0.3 is 10.1 Å². The number of benzene rings is 2. The number of fused-ring (bicyclic) bond motifs is 1. The Morgan fingerprint density at radius 1 is 1.03 bits per heavy atom. The smallest absolute Gasteiger partial charge is 0.330 e. The molecule has 4 rings (SSSR count). The molecule has 4 aromatic rings. The van der Waals surface area contributed by atoms with E-state index in [1.165, 1.54) is 13.2 Å². The summed E-state index contributed by atoms with van der Waals surface area (Å²) >= 11 is 0. The Morgan fingerprint density at radius 3 is 2.39 bits per heavy atom. The molecule has 0 bridgehead atoms. The molecule has 0 amide bonds. The largest absolute Gasteiger partial charge is 0.466 e. The molecule has 0 atom stereocenters. The number of anilines is 2. The quantitative estimate of drug-likeness (QED) is 0.383. The van der Waals surface area contributed by atoms with Gasteiger partial charge in [-0.25, -0.2) is 9.78 Å². The zero-order valence-corrected chi connectivity index (χ0v) is 17.2. The van der Waals surface area contributed by atoms with E-state index in [2.05, 4.69) is 10.1 Å². The summed E-state index contributed by atoms with van der Waals surface area (Å²) in [5.41, 5.74) is 3.34. The SMILES string of the molecule is COC(=O)/C=C/c1cc(C)nc2c1c(=O)cc(Nc1ccccc1)n2-c1ccccc1. The van der Waals surface area contributed by atoms with Crippen molar-refractivity contribution in [3.05, 3.63) is 100 Å². The van der Waals surface area contributed by atoms with Crippen LogP contribution < -0.4 is 10.7 Å². The minimum Gasteiger partial charge on any atom is -0.466 e. The van der Waals surface area contributed by atoms with Crippen LogP contribution in [0.3, 0.4) is 0 Å². The van der Waals surface area contributed by atoms with Crippen LogP contribution in [-0.4, -0.2) is 22.6 Å². The van der Waals surface area contributed by atoms with Crippen molar-refractivity contribution in [3.63, 3.8) is 0 Å². The average Bonchev–Trinajstić information content (AvgIpc) is 2.78. The van der Waals surface area contributed by atoms with Crippen LogP contribution in [0.15, 0.2) is 83.7 Å². The third-order valence-corrected chi connectivity index (χ3v) is 4.79. The van der Waals surface area contributed by atoms with Crippen molar-refractivity contribution >= 4 is 34.6 Å². The number of rotatable bonds is 5. The van der Waals surface area contributed by atoms with E-state index in [1.807, 2.05) is 72.2 Å². The predicted octanol–water partition coefficient (Wildman–Crippen LogP) is 4.62. The molecule has 2 heterocycles. The first-order chi connectivity index (χ1) is 15.1. The van der Waals surface area contributed by atoms with Gasteiger partial charge in [-0.3, -0.25) is 9.36 Å². The summed E-state index contributed by atoms with van der Waals surface area (Å²) in [6.45, 7) is 1.85. The Bertz CT molecular complexity index is 1330. The predicted molar refractivity (Wildman–Crippen MR) is 123 cm³/mol. The number of ether oxygens (including phenoxy) is 1. The highest BCUT2D eigenvalue weighted by atomic mass is 16.5. The summed E-state index contributed by atoms with van der Waals surface area (Å²) in [7, 11) is 1.31. The molecular formula is C25H21N3O3. The molecule has 0 radical (unpaired) electrons. The molecule has 0 aliphatic rings. The number of hydrogen-bond acceptors (Lipinski definition) is 5. The summed E-state index contributed by atoms with van der Waals surface area (Å²) in [6, 6.07) is 22.7. The van der Waals surface area contributed by atoms with Gasteiger partial charge in [0, 0.05) is 29.2 Å². The molecule has 0 aliphatic heterocycles. The number of hydrogen-bond donors (Lipinski definition) is 1. The molecule has 1 N–H and O–H groups in total. The zero-order valence-electron chi connectivity index (χ0n) is 17.2. The second-order valence-electron chi connectivity index (χ2n) is 6.96. The minimum absolute atomic E-state index is 0.197. The number of carbonyl (C=O) groups excluding carboxylic acids is 1. The molecular weight excluding hydrogens is 390 g/mol. The molecule has 6 heteroatoms. The van der Waals surface area contributed by atoms with E-state index in [1.54, 1.807) is 18.2 Å². The van der Waals surface area contributed by atoms with Crippen molar-refractivity contribution in [2.75, 3.05) is 12.4 Å². The number of aromatic nitrogens is 2. The second kappa shape index (κ2) is 8.67. The number of para-hydroxylation sites is 2. The summed E-state index contributed by atoms with van der Waals surface area (Å²) in [4.78, 5) is 29.5. The number of pyridine rings is 2. The van der Waals surface area contributed by atoms with Crippen molar-refractivity contribution in [2.45, 2.75) is 6.92 Å². The number of nitrogens with zero attached hydrogens (tertiary/aromatic N) is 2. The van der Waals surface area contributed by atoms with E-state index in [-0.39, 0.29) is 5.43 Å². The van der Waals surface area contributed by atoms with E-state index >= 15 is 0 Å². The van der Waals surface area contributed by atoms with Crippen LogP contribution in [0.4, 0.5) is 11.5 Å². The second-order valence-corrected chi connectivity index (χ2v) is 6.96. The Labute approximate surface area is 179 Å². The molecule has 0 saturated carbocycles. The molecule has 154 valence electrons. The molecule has 2 aromatic heterocycles. The lowest BCUT2D eigenvalue weighted by molar-refractivity contribution is -0.134. The molecule has 0 fully saturated rings. The lowest BCUT2D eigenvalue weighted by atomic mass is 10.1. The summed E-state index contributed by atoms with van der Waals surface area (Å²) in [6.07, 6.45) is 2.89. The Morgan fingerprint density at radius 2 is 1.71 bits per heavy atom. The van der Waals surface area contributed by atoms with Crippen LogP contribution in [0.2, 0.25) is 0 Å². The third kappa shape index (κ3) is 4.23. The number of aryl methyl sites for hydroxylation is 1. The molecule has 31 heavy (non-hydrogen) atoms. The van der Waals surface area contributed by atoms with E-state index in [4.69, 9.17) is 4.98 Å². The van der Waals surface area contributed by atoms with Crippen molar-refractivity contribution < 1.29 is 9.53 Å². The van der Waals surface area contributed by atoms with Crippen molar-refractivity contribution in [1.82, 2.24) is 9.55 Å². The fraction of sp³-hybridized carbons (Fsp3) is 0.0800. The van der Waals surface area contributed by atoms with Gasteiger partial charge >= 0.3 is 5.97 Å². The molecule has 0 unspecified atom stereocenters. The number of carbonyl (C=O) groups is 1. The molecule has 6 nitrogen and oxygen atoms in total. The lowest BCUT2D eigenvalue weighted by Gasteiger charge is -2.19. The maximum Gasteiger partial charge on any atom is 0.330 e. The van der Waals surface area contributed by atoms with Gasteiger partial charge in [0.1, 0.15) is 5.82 Å².